The highest BCUT2D eigenvalue weighted by Gasteiger charge is 2.17. The molecule has 1 saturated carbocycles. The Hall–Kier alpha value is -1.25. The molecule has 0 spiro atoms. The third-order valence-electron chi connectivity index (χ3n) is 4.05. The summed E-state index contributed by atoms with van der Waals surface area (Å²) in [6.07, 6.45) is 10.5. The van der Waals surface area contributed by atoms with Gasteiger partial charge in [0.25, 0.3) is 0 Å². The summed E-state index contributed by atoms with van der Waals surface area (Å²) in [6, 6.07) is 2.16. The molecule has 1 aliphatic carbocycles. The smallest absolute Gasteiger partial charge is 0.0547 e. The zero-order valence-electron chi connectivity index (χ0n) is 12.3. The Balaban J connectivity index is 1.78. The molecule has 0 aromatic carbocycles. The Labute approximate surface area is 117 Å². The fourth-order valence-corrected chi connectivity index (χ4v) is 2.70. The van der Waals surface area contributed by atoms with Gasteiger partial charge in [-0.15, -0.1) is 0 Å². The SMILES string of the molecule is CCCNc1cncc(NCC2CCC(C)CC2)c1. The Kier molecular flexibility index (Phi) is 5.49. The van der Waals surface area contributed by atoms with E-state index < -0.39 is 0 Å². The lowest BCUT2D eigenvalue weighted by molar-refractivity contribution is 0.300. The maximum absolute atomic E-state index is 4.29. The molecule has 2 N–H and O–H groups in total. The molecular weight excluding hydrogens is 234 g/mol. The molecule has 1 aromatic heterocycles. The van der Waals surface area contributed by atoms with Gasteiger partial charge in [-0.2, -0.15) is 0 Å². The predicted octanol–water partition coefficient (Wildman–Crippen LogP) is 4.14. The van der Waals surface area contributed by atoms with Crippen molar-refractivity contribution < 1.29 is 0 Å². The van der Waals surface area contributed by atoms with E-state index in [0.717, 1.165) is 42.7 Å². The maximum atomic E-state index is 4.29. The van der Waals surface area contributed by atoms with E-state index in [1.807, 2.05) is 12.4 Å². The second kappa shape index (κ2) is 7.37. The van der Waals surface area contributed by atoms with Gasteiger partial charge in [-0.25, -0.2) is 0 Å². The van der Waals surface area contributed by atoms with E-state index in [1.165, 1.54) is 25.7 Å². The van der Waals surface area contributed by atoms with Crippen molar-refractivity contribution in [2.45, 2.75) is 46.0 Å². The molecule has 2 rings (SSSR count). The van der Waals surface area contributed by atoms with Crippen LogP contribution in [0.1, 0.15) is 46.0 Å². The van der Waals surface area contributed by atoms with Crippen molar-refractivity contribution >= 4 is 11.4 Å². The van der Waals surface area contributed by atoms with Crippen molar-refractivity contribution in [1.82, 2.24) is 4.98 Å². The van der Waals surface area contributed by atoms with Crippen LogP contribution in [0.15, 0.2) is 18.5 Å². The molecule has 0 unspecified atom stereocenters. The molecule has 1 aromatic rings. The van der Waals surface area contributed by atoms with Crippen molar-refractivity contribution in [3.05, 3.63) is 18.5 Å². The molecule has 0 aliphatic heterocycles. The molecule has 3 nitrogen and oxygen atoms in total. The number of nitrogens with one attached hydrogen (secondary N) is 2. The van der Waals surface area contributed by atoms with E-state index in [1.54, 1.807) is 0 Å². The van der Waals surface area contributed by atoms with Gasteiger partial charge in [-0.3, -0.25) is 4.98 Å². The molecule has 3 heteroatoms. The largest absolute Gasteiger partial charge is 0.384 e. The summed E-state index contributed by atoms with van der Waals surface area (Å²) < 4.78 is 0. The van der Waals surface area contributed by atoms with Crippen LogP contribution in [-0.4, -0.2) is 18.1 Å². The zero-order valence-corrected chi connectivity index (χ0v) is 12.3. The summed E-state index contributed by atoms with van der Waals surface area (Å²) in [5.41, 5.74) is 2.25. The number of rotatable bonds is 6. The summed E-state index contributed by atoms with van der Waals surface area (Å²) in [4.78, 5) is 4.29. The minimum Gasteiger partial charge on any atom is -0.384 e. The first-order valence-corrected chi connectivity index (χ1v) is 7.70. The van der Waals surface area contributed by atoms with Crippen LogP contribution in [0, 0.1) is 11.8 Å². The van der Waals surface area contributed by atoms with Crippen LogP contribution >= 0.6 is 0 Å². The third kappa shape index (κ3) is 4.73. The van der Waals surface area contributed by atoms with E-state index in [0.29, 0.717) is 0 Å². The van der Waals surface area contributed by atoms with Crippen LogP contribution < -0.4 is 10.6 Å². The lowest BCUT2D eigenvalue weighted by Crippen LogP contribution is -2.20. The van der Waals surface area contributed by atoms with Gasteiger partial charge in [0.05, 0.1) is 23.8 Å². The molecule has 0 atom stereocenters. The molecule has 0 radical (unpaired) electrons. The van der Waals surface area contributed by atoms with E-state index >= 15 is 0 Å². The van der Waals surface area contributed by atoms with Crippen LogP contribution in [0.5, 0.6) is 0 Å². The highest BCUT2D eigenvalue weighted by molar-refractivity contribution is 5.53. The second-order valence-electron chi connectivity index (χ2n) is 5.90. The molecule has 1 aliphatic rings. The van der Waals surface area contributed by atoms with Crippen LogP contribution in [-0.2, 0) is 0 Å². The van der Waals surface area contributed by atoms with E-state index in [9.17, 15) is 0 Å². The topological polar surface area (TPSA) is 37.0 Å². The normalized spacial score (nSPS) is 23.1. The summed E-state index contributed by atoms with van der Waals surface area (Å²) in [5, 5.41) is 6.92. The van der Waals surface area contributed by atoms with Gasteiger partial charge in [0.15, 0.2) is 0 Å². The Bertz CT molecular complexity index is 370. The average Bonchev–Trinajstić information content (AvgIpc) is 2.45. The molecule has 0 bridgehead atoms. The van der Waals surface area contributed by atoms with Crippen molar-refractivity contribution in [2.75, 3.05) is 23.7 Å². The van der Waals surface area contributed by atoms with Crippen molar-refractivity contribution in [3.8, 4) is 0 Å². The average molecular weight is 261 g/mol. The first-order valence-electron chi connectivity index (χ1n) is 7.70. The van der Waals surface area contributed by atoms with E-state index in [-0.39, 0.29) is 0 Å². The van der Waals surface area contributed by atoms with Gasteiger partial charge in [-0.1, -0.05) is 26.7 Å². The monoisotopic (exact) mass is 261 g/mol. The predicted molar refractivity (Wildman–Crippen MR) is 82.6 cm³/mol. The minimum atomic E-state index is 0.837. The number of aromatic nitrogens is 1. The number of hydrogen-bond acceptors (Lipinski definition) is 3. The fourth-order valence-electron chi connectivity index (χ4n) is 2.70. The van der Waals surface area contributed by atoms with E-state index in [2.05, 4.69) is 35.5 Å². The summed E-state index contributed by atoms with van der Waals surface area (Å²) >= 11 is 0. The molecule has 19 heavy (non-hydrogen) atoms. The zero-order chi connectivity index (χ0) is 13.5. The van der Waals surface area contributed by atoms with Gasteiger partial charge >= 0.3 is 0 Å². The number of nitrogens with zero attached hydrogens (tertiary/aromatic N) is 1. The molecule has 1 heterocycles. The van der Waals surface area contributed by atoms with E-state index in [4.69, 9.17) is 0 Å². The molecule has 106 valence electrons. The Morgan fingerprint density at radius 3 is 2.47 bits per heavy atom. The highest BCUT2D eigenvalue weighted by Crippen LogP contribution is 2.28. The first kappa shape index (κ1) is 14.2. The number of pyridine rings is 1. The molecule has 0 saturated heterocycles. The standard InChI is InChI=1S/C16H27N3/c1-3-8-18-15-9-16(12-17-11-15)19-10-14-6-4-13(2)5-7-14/h9,11-14,18-19H,3-8,10H2,1-2H3. The summed E-state index contributed by atoms with van der Waals surface area (Å²) in [6.45, 7) is 6.64. The maximum Gasteiger partial charge on any atom is 0.0547 e. The van der Waals surface area contributed by atoms with Crippen molar-refractivity contribution in [2.24, 2.45) is 11.8 Å². The van der Waals surface area contributed by atoms with Crippen molar-refractivity contribution in [1.29, 1.82) is 0 Å². The number of anilines is 2. The lowest BCUT2D eigenvalue weighted by atomic mass is 9.83. The first-order chi connectivity index (χ1) is 9.28. The van der Waals surface area contributed by atoms with Gasteiger partial charge in [0.1, 0.15) is 0 Å². The van der Waals surface area contributed by atoms with Crippen LogP contribution in [0.4, 0.5) is 11.4 Å². The second-order valence-corrected chi connectivity index (χ2v) is 5.90. The Morgan fingerprint density at radius 2 is 1.79 bits per heavy atom. The van der Waals surface area contributed by atoms with Gasteiger partial charge in [0.2, 0.25) is 0 Å². The highest BCUT2D eigenvalue weighted by atomic mass is 14.9. The molecular formula is C16H27N3. The lowest BCUT2D eigenvalue weighted by Gasteiger charge is -2.26. The summed E-state index contributed by atoms with van der Waals surface area (Å²) in [7, 11) is 0. The van der Waals surface area contributed by atoms with Crippen LogP contribution in [0.2, 0.25) is 0 Å². The van der Waals surface area contributed by atoms with Gasteiger partial charge < -0.3 is 10.6 Å². The Morgan fingerprint density at radius 1 is 1.11 bits per heavy atom. The quantitative estimate of drug-likeness (QED) is 0.808. The number of hydrogen-bond donors (Lipinski definition) is 2. The third-order valence-corrected chi connectivity index (χ3v) is 4.05. The van der Waals surface area contributed by atoms with Gasteiger partial charge in [-0.05, 0) is 37.2 Å². The fraction of sp³-hybridized carbons (Fsp3) is 0.688. The van der Waals surface area contributed by atoms with Crippen LogP contribution in [0.3, 0.4) is 0 Å². The minimum absolute atomic E-state index is 0.837. The van der Waals surface area contributed by atoms with Crippen molar-refractivity contribution in [3.63, 3.8) is 0 Å². The van der Waals surface area contributed by atoms with Crippen LogP contribution in [0.25, 0.3) is 0 Å². The molecule has 0 amide bonds. The van der Waals surface area contributed by atoms with Gasteiger partial charge in [0, 0.05) is 13.1 Å². The summed E-state index contributed by atoms with van der Waals surface area (Å²) in [5.74, 6) is 1.77. The molecule has 1 fully saturated rings.